The van der Waals surface area contributed by atoms with Gasteiger partial charge in [0.1, 0.15) is 11.6 Å². The molecule has 2 aromatic rings. The monoisotopic (exact) mass is 299 g/mol. The lowest BCUT2D eigenvalue weighted by atomic mass is 10.2. The minimum atomic E-state index is -4.74. The molecule has 0 spiro atoms. The third kappa shape index (κ3) is 4.37. The van der Waals surface area contributed by atoms with Gasteiger partial charge in [-0.25, -0.2) is 4.39 Å². The number of aryl methyl sites for hydroxylation is 1. The van der Waals surface area contributed by atoms with Gasteiger partial charge in [-0.1, -0.05) is 24.3 Å². The van der Waals surface area contributed by atoms with Crippen LogP contribution in [-0.2, 0) is 6.54 Å². The number of benzene rings is 2. The molecule has 0 saturated heterocycles. The number of alkyl halides is 3. The van der Waals surface area contributed by atoms with E-state index in [-0.39, 0.29) is 18.1 Å². The zero-order chi connectivity index (χ0) is 15.5. The topological polar surface area (TPSA) is 21.3 Å². The Balaban J connectivity index is 2.11. The largest absolute Gasteiger partial charge is 0.573 e. The lowest BCUT2D eigenvalue weighted by molar-refractivity contribution is -0.274. The van der Waals surface area contributed by atoms with Crippen molar-refractivity contribution in [2.45, 2.75) is 19.8 Å². The Morgan fingerprint density at radius 2 is 1.81 bits per heavy atom. The van der Waals surface area contributed by atoms with Crippen LogP contribution in [0.2, 0.25) is 0 Å². The predicted molar refractivity (Wildman–Crippen MR) is 71.6 cm³/mol. The van der Waals surface area contributed by atoms with E-state index in [0.29, 0.717) is 16.8 Å². The molecule has 0 aliphatic rings. The van der Waals surface area contributed by atoms with Crippen LogP contribution in [0.4, 0.5) is 23.2 Å². The molecule has 0 amide bonds. The molecule has 0 saturated carbocycles. The molecule has 0 aromatic heterocycles. The third-order valence-electron chi connectivity index (χ3n) is 2.85. The highest BCUT2D eigenvalue weighted by molar-refractivity contribution is 5.47. The molecule has 0 aliphatic carbocycles. The van der Waals surface area contributed by atoms with E-state index in [9.17, 15) is 17.6 Å². The summed E-state index contributed by atoms with van der Waals surface area (Å²) in [5.74, 6) is -0.648. The van der Waals surface area contributed by atoms with E-state index in [2.05, 4.69) is 10.1 Å². The summed E-state index contributed by atoms with van der Waals surface area (Å²) in [5.41, 5.74) is 1.32. The molecule has 21 heavy (non-hydrogen) atoms. The van der Waals surface area contributed by atoms with E-state index in [4.69, 9.17) is 0 Å². The fraction of sp³-hybridized carbons (Fsp3) is 0.200. The van der Waals surface area contributed by atoms with Crippen LogP contribution in [0.15, 0.2) is 42.5 Å². The first kappa shape index (κ1) is 15.2. The molecule has 0 radical (unpaired) electrons. The third-order valence-corrected chi connectivity index (χ3v) is 2.85. The summed E-state index contributed by atoms with van der Waals surface area (Å²) < 4.78 is 54.2. The minimum absolute atomic E-state index is 0.0920. The van der Waals surface area contributed by atoms with Gasteiger partial charge in [-0.15, -0.1) is 13.2 Å². The second-order valence-electron chi connectivity index (χ2n) is 4.47. The predicted octanol–water partition coefficient (Wildman–Crippen LogP) is 4.64. The summed E-state index contributed by atoms with van der Waals surface area (Å²) in [4.78, 5) is 0. The van der Waals surface area contributed by atoms with E-state index >= 15 is 0 Å². The van der Waals surface area contributed by atoms with E-state index in [1.54, 1.807) is 25.1 Å². The molecular formula is C15H13F4NO. The summed E-state index contributed by atoms with van der Waals surface area (Å²) in [7, 11) is 0. The number of para-hydroxylation sites is 1. The molecule has 112 valence electrons. The van der Waals surface area contributed by atoms with Crippen molar-refractivity contribution in [3.63, 3.8) is 0 Å². The van der Waals surface area contributed by atoms with Crippen LogP contribution in [-0.4, -0.2) is 6.36 Å². The first-order valence-corrected chi connectivity index (χ1v) is 6.19. The molecule has 2 rings (SSSR count). The van der Waals surface area contributed by atoms with Gasteiger partial charge in [-0.2, -0.15) is 0 Å². The Morgan fingerprint density at radius 1 is 1.10 bits per heavy atom. The van der Waals surface area contributed by atoms with Gasteiger partial charge in [-0.05, 0) is 30.7 Å². The molecule has 0 aliphatic heterocycles. The molecule has 6 heteroatoms. The fourth-order valence-electron chi connectivity index (χ4n) is 1.77. The van der Waals surface area contributed by atoms with Crippen LogP contribution in [0.1, 0.15) is 11.1 Å². The average molecular weight is 299 g/mol. The number of hydrogen-bond acceptors (Lipinski definition) is 2. The maximum atomic E-state index is 13.4. The maximum absolute atomic E-state index is 13.4. The summed E-state index contributed by atoms with van der Waals surface area (Å²) in [5, 5.41) is 2.87. The van der Waals surface area contributed by atoms with Crippen LogP contribution in [0.5, 0.6) is 5.75 Å². The second kappa shape index (κ2) is 6.03. The van der Waals surface area contributed by atoms with Crippen LogP contribution in [0, 0.1) is 12.7 Å². The summed E-state index contributed by atoms with van der Waals surface area (Å²) in [6.07, 6.45) is -4.74. The molecule has 1 N–H and O–H groups in total. The van der Waals surface area contributed by atoms with Crippen molar-refractivity contribution in [1.82, 2.24) is 0 Å². The molecule has 0 fully saturated rings. The first-order chi connectivity index (χ1) is 9.85. The van der Waals surface area contributed by atoms with Crippen molar-refractivity contribution in [2.75, 3.05) is 5.32 Å². The standard InChI is InChI=1S/C15H13F4NO/c1-10-6-7-12(8-13(10)16)20-9-11-4-2-3-5-14(11)21-15(17,18)19/h2-8,20H,9H2,1H3. The molecule has 0 heterocycles. The first-order valence-electron chi connectivity index (χ1n) is 6.19. The lowest BCUT2D eigenvalue weighted by Crippen LogP contribution is -2.18. The van der Waals surface area contributed by atoms with E-state index in [0.717, 1.165) is 0 Å². The van der Waals surface area contributed by atoms with Gasteiger partial charge in [-0.3, -0.25) is 0 Å². The van der Waals surface area contributed by atoms with Crippen molar-refractivity contribution >= 4 is 5.69 Å². The molecule has 0 unspecified atom stereocenters. The average Bonchev–Trinajstić information content (AvgIpc) is 2.40. The Labute approximate surface area is 119 Å². The zero-order valence-electron chi connectivity index (χ0n) is 11.2. The number of anilines is 1. The van der Waals surface area contributed by atoms with Crippen LogP contribution in [0.25, 0.3) is 0 Å². The van der Waals surface area contributed by atoms with Gasteiger partial charge < -0.3 is 10.1 Å². The summed E-state index contributed by atoms with van der Waals surface area (Å²) in [6.45, 7) is 1.72. The maximum Gasteiger partial charge on any atom is 0.573 e. The van der Waals surface area contributed by atoms with Gasteiger partial charge in [0.2, 0.25) is 0 Å². The van der Waals surface area contributed by atoms with Crippen LogP contribution in [0.3, 0.4) is 0 Å². The van der Waals surface area contributed by atoms with Gasteiger partial charge in [0.05, 0.1) is 0 Å². The van der Waals surface area contributed by atoms with Crippen molar-refractivity contribution in [2.24, 2.45) is 0 Å². The quantitative estimate of drug-likeness (QED) is 0.830. The number of ether oxygens (including phenoxy) is 1. The smallest absolute Gasteiger partial charge is 0.405 e. The fourth-order valence-corrected chi connectivity index (χ4v) is 1.77. The highest BCUT2D eigenvalue weighted by Crippen LogP contribution is 2.27. The molecule has 0 bridgehead atoms. The van der Waals surface area contributed by atoms with Gasteiger partial charge in [0.25, 0.3) is 0 Å². The Morgan fingerprint density at radius 3 is 2.48 bits per heavy atom. The summed E-state index contributed by atoms with van der Waals surface area (Å²) >= 11 is 0. The lowest BCUT2D eigenvalue weighted by Gasteiger charge is -2.14. The van der Waals surface area contributed by atoms with Crippen molar-refractivity contribution < 1.29 is 22.3 Å². The van der Waals surface area contributed by atoms with Gasteiger partial charge in [0, 0.05) is 17.8 Å². The van der Waals surface area contributed by atoms with Crippen LogP contribution >= 0.6 is 0 Å². The molecule has 2 nitrogen and oxygen atoms in total. The van der Waals surface area contributed by atoms with Gasteiger partial charge >= 0.3 is 6.36 Å². The minimum Gasteiger partial charge on any atom is -0.405 e. The highest BCUT2D eigenvalue weighted by Gasteiger charge is 2.31. The number of nitrogens with one attached hydrogen (secondary N) is 1. The van der Waals surface area contributed by atoms with Crippen molar-refractivity contribution in [3.05, 3.63) is 59.4 Å². The molecule has 2 aromatic carbocycles. The Bertz CT molecular complexity index is 625. The molecule has 0 atom stereocenters. The van der Waals surface area contributed by atoms with Crippen molar-refractivity contribution in [1.29, 1.82) is 0 Å². The zero-order valence-corrected chi connectivity index (χ0v) is 11.2. The number of rotatable bonds is 4. The van der Waals surface area contributed by atoms with Gasteiger partial charge in [0.15, 0.2) is 0 Å². The Kier molecular flexibility index (Phi) is 4.35. The van der Waals surface area contributed by atoms with E-state index in [1.165, 1.54) is 24.3 Å². The van der Waals surface area contributed by atoms with E-state index < -0.39 is 6.36 Å². The van der Waals surface area contributed by atoms with Crippen molar-refractivity contribution in [3.8, 4) is 5.75 Å². The second-order valence-corrected chi connectivity index (χ2v) is 4.47. The highest BCUT2D eigenvalue weighted by atomic mass is 19.4. The normalized spacial score (nSPS) is 11.3. The Hall–Kier alpha value is -2.24. The summed E-state index contributed by atoms with van der Waals surface area (Å²) in [6, 6.07) is 10.4. The van der Waals surface area contributed by atoms with Crippen LogP contribution < -0.4 is 10.1 Å². The SMILES string of the molecule is Cc1ccc(NCc2ccccc2OC(F)(F)F)cc1F. The number of hydrogen-bond donors (Lipinski definition) is 1. The van der Waals surface area contributed by atoms with E-state index in [1.807, 2.05) is 0 Å². The molecular weight excluding hydrogens is 286 g/mol. The number of halogens is 4.